The van der Waals surface area contributed by atoms with E-state index in [0.29, 0.717) is 13.1 Å². The Bertz CT molecular complexity index is 1100. The fourth-order valence-electron chi connectivity index (χ4n) is 5.71. The van der Waals surface area contributed by atoms with Crippen LogP contribution in [0.2, 0.25) is 0 Å². The standard InChI is InChI=1S/C27H30N2O6/c30-14-17-13-29(16-27(17)11-12-27)25(33)23(9-10-24(31)32)28-26(34)35-15-22-20-7-3-1-5-18(20)19-6-2-4-8-21(19)22/h1-8,17,22-23,30H,9-16H2,(H,28,34)(H,31,32). The van der Waals surface area contributed by atoms with E-state index < -0.39 is 18.1 Å². The highest BCUT2D eigenvalue weighted by molar-refractivity contribution is 5.86. The number of likely N-dealkylation sites (tertiary alicyclic amines) is 1. The van der Waals surface area contributed by atoms with Crippen LogP contribution in [0.1, 0.15) is 42.7 Å². The SMILES string of the molecule is O=C(O)CCC(NC(=O)OCC1c2ccccc2-c2ccccc21)C(=O)N1CC(CO)C2(CC2)C1. The van der Waals surface area contributed by atoms with Crippen molar-refractivity contribution in [3.05, 3.63) is 59.7 Å². The van der Waals surface area contributed by atoms with Crippen LogP contribution in [0.4, 0.5) is 4.79 Å². The van der Waals surface area contributed by atoms with Gasteiger partial charge in [0.2, 0.25) is 5.91 Å². The van der Waals surface area contributed by atoms with Gasteiger partial charge in [-0.3, -0.25) is 9.59 Å². The molecule has 8 nitrogen and oxygen atoms in total. The maximum Gasteiger partial charge on any atom is 0.407 e. The summed E-state index contributed by atoms with van der Waals surface area (Å²) in [5.74, 6) is -1.44. The molecular formula is C27H30N2O6. The topological polar surface area (TPSA) is 116 Å². The van der Waals surface area contributed by atoms with Gasteiger partial charge in [0, 0.05) is 38.0 Å². The largest absolute Gasteiger partial charge is 0.481 e. The summed E-state index contributed by atoms with van der Waals surface area (Å²) < 4.78 is 5.58. The van der Waals surface area contributed by atoms with Crippen molar-refractivity contribution in [2.24, 2.45) is 11.3 Å². The van der Waals surface area contributed by atoms with E-state index in [1.54, 1.807) is 4.90 Å². The van der Waals surface area contributed by atoms with Gasteiger partial charge in [0.1, 0.15) is 12.6 Å². The van der Waals surface area contributed by atoms with Crippen molar-refractivity contribution < 1.29 is 29.3 Å². The van der Waals surface area contributed by atoms with Crippen molar-refractivity contribution in [3.63, 3.8) is 0 Å². The number of carbonyl (C=O) groups excluding carboxylic acids is 2. The molecule has 0 bridgehead atoms. The average molecular weight is 479 g/mol. The normalized spacial score (nSPS) is 20.3. The number of carbonyl (C=O) groups is 3. The zero-order chi connectivity index (χ0) is 24.6. The molecule has 35 heavy (non-hydrogen) atoms. The number of nitrogens with one attached hydrogen (secondary N) is 1. The van der Waals surface area contributed by atoms with E-state index in [0.717, 1.165) is 35.1 Å². The van der Waals surface area contributed by atoms with Crippen LogP contribution in [-0.2, 0) is 14.3 Å². The van der Waals surface area contributed by atoms with Gasteiger partial charge in [0.15, 0.2) is 0 Å². The molecular weight excluding hydrogens is 448 g/mol. The van der Waals surface area contributed by atoms with E-state index in [4.69, 9.17) is 9.84 Å². The third kappa shape index (κ3) is 4.50. The quantitative estimate of drug-likeness (QED) is 0.537. The highest BCUT2D eigenvalue weighted by atomic mass is 16.5. The summed E-state index contributed by atoms with van der Waals surface area (Å²) in [6.07, 6.45) is 0.937. The zero-order valence-electron chi connectivity index (χ0n) is 19.5. The number of alkyl carbamates (subject to hydrolysis) is 1. The number of amides is 2. The van der Waals surface area contributed by atoms with Crippen LogP contribution in [0.5, 0.6) is 0 Å². The van der Waals surface area contributed by atoms with E-state index in [9.17, 15) is 19.5 Å². The number of fused-ring (bicyclic) bond motifs is 3. The van der Waals surface area contributed by atoms with Gasteiger partial charge in [0.25, 0.3) is 0 Å². The molecule has 1 saturated carbocycles. The number of aliphatic hydroxyl groups is 1. The third-order valence-corrected chi connectivity index (χ3v) is 7.82. The lowest BCUT2D eigenvalue weighted by Gasteiger charge is -2.24. The van der Waals surface area contributed by atoms with Crippen LogP contribution in [0, 0.1) is 11.3 Å². The van der Waals surface area contributed by atoms with Gasteiger partial charge in [-0.15, -0.1) is 0 Å². The second kappa shape index (κ2) is 9.34. The number of benzene rings is 2. The Morgan fingerprint density at radius 1 is 1.06 bits per heavy atom. The number of hydrogen-bond acceptors (Lipinski definition) is 5. The van der Waals surface area contributed by atoms with Gasteiger partial charge in [-0.25, -0.2) is 4.79 Å². The van der Waals surface area contributed by atoms with Crippen LogP contribution in [0.25, 0.3) is 11.1 Å². The molecule has 2 unspecified atom stereocenters. The second-order valence-electron chi connectivity index (χ2n) is 9.92. The molecule has 1 spiro atoms. The first-order valence-corrected chi connectivity index (χ1v) is 12.1. The third-order valence-electron chi connectivity index (χ3n) is 7.82. The van der Waals surface area contributed by atoms with Crippen LogP contribution in [-0.4, -0.2) is 65.4 Å². The first-order chi connectivity index (χ1) is 16.9. The van der Waals surface area contributed by atoms with Gasteiger partial charge >= 0.3 is 12.1 Å². The highest BCUT2D eigenvalue weighted by Gasteiger charge is 2.56. The lowest BCUT2D eigenvalue weighted by atomic mass is 9.94. The molecule has 8 heteroatoms. The van der Waals surface area contributed by atoms with Crippen molar-refractivity contribution in [2.45, 2.75) is 37.6 Å². The Hall–Kier alpha value is -3.39. The molecule has 184 valence electrons. The van der Waals surface area contributed by atoms with E-state index in [2.05, 4.69) is 17.4 Å². The summed E-state index contributed by atoms with van der Waals surface area (Å²) >= 11 is 0. The maximum absolute atomic E-state index is 13.2. The van der Waals surface area contributed by atoms with Crippen LogP contribution < -0.4 is 5.32 Å². The number of carboxylic acid groups (broad SMARTS) is 1. The number of aliphatic carboxylic acids is 1. The lowest BCUT2D eigenvalue weighted by molar-refractivity contribution is -0.138. The van der Waals surface area contributed by atoms with Crippen LogP contribution in [0.3, 0.4) is 0 Å². The minimum absolute atomic E-state index is 0.0172. The van der Waals surface area contributed by atoms with Crippen LogP contribution >= 0.6 is 0 Å². The van der Waals surface area contributed by atoms with Gasteiger partial charge in [-0.05, 0) is 46.9 Å². The molecule has 0 radical (unpaired) electrons. The van der Waals surface area contributed by atoms with Crippen molar-refractivity contribution in [3.8, 4) is 11.1 Å². The van der Waals surface area contributed by atoms with E-state index >= 15 is 0 Å². The summed E-state index contributed by atoms with van der Waals surface area (Å²) in [6.45, 7) is 1.08. The Morgan fingerprint density at radius 3 is 2.23 bits per heavy atom. The molecule has 2 atom stereocenters. The molecule has 1 heterocycles. The van der Waals surface area contributed by atoms with Gasteiger partial charge in [-0.2, -0.15) is 0 Å². The number of aliphatic hydroxyl groups excluding tert-OH is 1. The molecule has 2 aliphatic carbocycles. The molecule has 0 aromatic heterocycles. The van der Waals surface area contributed by atoms with Gasteiger partial charge < -0.3 is 25.2 Å². The smallest absolute Gasteiger partial charge is 0.407 e. The van der Waals surface area contributed by atoms with Crippen molar-refractivity contribution in [2.75, 3.05) is 26.3 Å². The molecule has 5 rings (SSSR count). The molecule has 1 aliphatic heterocycles. The molecule has 3 N–H and O–H groups in total. The molecule has 2 fully saturated rings. The Kier molecular flexibility index (Phi) is 6.23. The highest BCUT2D eigenvalue weighted by Crippen LogP contribution is 2.56. The van der Waals surface area contributed by atoms with Crippen LogP contribution in [0.15, 0.2) is 48.5 Å². The Labute approximate surface area is 203 Å². The first-order valence-electron chi connectivity index (χ1n) is 12.1. The van der Waals surface area contributed by atoms with E-state index in [1.807, 2.05) is 36.4 Å². The maximum atomic E-state index is 13.2. The number of carboxylic acids is 1. The Morgan fingerprint density at radius 2 is 1.69 bits per heavy atom. The van der Waals surface area contributed by atoms with E-state index in [-0.39, 0.29) is 49.2 Å². The molecule has 2 aromatic rings. The number of rotatable bonds is 8. The van der Waals surface area contributed by atoms with E-state index in [1.165, 1.54) is 0 Å². The summed E-state index contributed by atoms with van der Waals surface area (Å²) in [4.78, 5) is 38.8. The number of ether oxygens (including phenoxy) is 1. The van der Waals surface area contributed by atoms with Crippen molar-refractivity contribution in [1.82, 2.24) is 10.2 Å². The lowest BCUT2D eigenvalue weighted by Crippen LogP contribution is -2.48. The summed E-state index contributed by atoms with van der Waals surface area (Å²) in [5.41, 5.74) is 4.39. The molecule has 3 aliphatic rings. The summed E-state index contributed by atoms with van der Waals surface area (Å²) in [7, 11) is 0. The average Bonchev–Trinajstić information content (AvgIpc) is 3.43. The number of hydrogen-bond donors (Lipinski definition) is 3. The van der Waals surface area contributed by atoms with Crippen molar-refractivity contribution in [1.29, 1.82) is 0 Å². The predicted molar refractivity (Wildman–Crippen MR) is 128 cm³/mol. The minimum Gasteiger partial charge on any atom is -0.481 e. The fourth-order valence-corrected chi connectivity index (χ4v) is 5.71. The molecule has 2 aromatic carbocycles. The zero-order valence-corrected chi connectivity index (χ0v) is 19.5. The van der Waals surface area contributed by atoms with Crippen molar-refractivity contribution >= 4 is 18.0 Å². The van der Waals surface area contributed by atoms with Gasteiger partial charge in [0.05, 0.1) is 0 Å². The predicted octanol–water partition coefficient (Wildman–Crippen LogP) is 2.99. The minimum atomic E-state index is -1.04. The molecule has 1 saturated heterocycles. The Balaban J connectivity index is 1.25. The van der Waals surface area contributed by atoms with Gasteiger partial charge in [-0.1, -0.05) is 48.5 Å². The number of nitrogens with zero attached hydrogens (tertiary/aromatic N) is 1. The monoisotopic (exact) mass is 478 g/mol. The first kappa shape index (κ1) is 23.4. The summed E-state index contributed by atoms with van der Waals surface area (Å²) in [5, 5.41) is 21.5. The second-order valence-corrected chi connectivity index (χ2v) is 9.92. The summed E-state index contributed by atoms with van der Waals surface area (Å²) in [6, 6.07) is 15.1. The fraction of sp³-hybridized carbons (Fsp3) is 0.444. The molecule has 2 amide bonds.